The minimum Gasteiger partial charge on any atom is -0.493 e. The fourth-order valence-electron chi connectivity index (χ4n) is 6.88. The van der Waals surface area contributed by atoms with Crippen LogP contribution >= 0.6 is 23.2 Å². The fourth-order valence-corrected chi connectivity index (χ4v) is 8.67. The molecule has 0 spiro atoms. The number of nitrogens with zero attached hydrogens (tertiary/aromatic N) is 6. The van der Waals surface area contributed by atoms with Crippen molar-refractivity contribution >= 4 is 51.0 Å². The Kier molecular flexibility index (Phi) is 12.1. The molecule has 12 nitrogen and oxygen atoms in total. The first kappa shape index (κ1) is 38.0. The quantitative estimate of drug-likeness (QED) is 0.237. The fraction of sp³-hybridized carbons (Fsp3) is 0.432. The number of urea groups is 1. The van der Waals surface area contributed by atoms with Crippen LogP contribution < -0.4 is 4.74 Å². The van der Waals surface area contributed by atoms with Crippen molar-refractivity contribution in [3.63, 3.8) is 0 Å². The number of benzene rings is 3. The lowest BCUT2D eigenvalue weighted by Gasteiger charge is -2.39. The maximum atomic E-state index is 15.0. The SMILES string of the molecule is CCOc1ccc(S(=O)(=O)N2CCCCC2)cc1C1=N[C@@H](c2ccc(Cl)cc2)[C@@H](c2ccc(Cl)cc2)N1C(=O)N1CCN(CC(=O)N(C)OC)CC1. The number of ether oxygens (including phenoxy) is 1. The molecule has 15 heteroatoms. The van der Waals surface area contributed by atoms with Crippen molar-refractivity contribution in [1.29, 1.82) is 0 Å². The van der Waals surface area contributed by atoms with Crippen LogP contribution in [-0.2, 0) is 19.7 Å². The van der Waals surface area contributed by atoms with Crippen molar-refractivity contribution < 1.29 is 27.6 Å². The number of hydrogen-bond acceptors (Lipinski definition) is 8. The summed E-state index contributed by atoms with van der Waals surface area (Å²) >= 11 is 12.7. The normalized spacial score (nSPS) is 20.1. The zero-order valence-electron chi connectivity index (χ0n) is 29.6. The lowest BCUT2D eigenvalue weighted by atomic mass is 9.93. The van der Waals surface area contributed by atoms with Crippen molar-refractivity contribution in [3.05, 3.63) is 93.5 Å². The number of piperazine rings is 1. The number of carbonyl (C=O) groups is 2. The summed E-state index contributed by atoms with van der Waals surface area (Å²) in [6, 6.07) is 18.0. The Morgan fingerprint density at radius 2 is 1.48 bits per heavy atom. The molecule has 3 aliphatic heterocycles. The highest BCUT2D eigenvalue weighted by molar-refractivity contribution is 7.89. The van der Waals surface area contributed by atoms with Gasteiger partial charge in [-0.2, -0.15) is 4.31 Å². The Labute approximate surface area is 315 Å². The van der Waals surface area contributed by atoms with E-state index in [1.807, 2.05) is 36.1 Å². The van der Waals surface area contributed by atoms with E-state index in [0.717, 1.165) is 30.4 Å². The molecule has 2 saturated heterocycles. The van der Waals surface area contributed by atoms with Gasteiger partial charge in [0.05, 0.1) is 36.8 Å². The van der Waals surface area contributed by atoms with Gasteiger partial charge in [-0.3, -0.25) is 24.4 Å². The molecule has 2 fully saturated rings. The Morgan fingerprint density at radius 3 is 2.08 bits per heavy atom. The first-order valence-corrected chi connectivity index (χ1v) is 19.7. The van der Waals surface area contributed by atoms with Gasteiger partial charge in [0.1, 0.15) is 17.6 Å². The van der Waals surface area contributed by atoms with E-state index in [2.05, 4.69) is 0 Å². The van der Waals surface area contributed by atoms with Crippen LogP contribution in [0, 0.1) is 0 Å². The number of aliphatic imine (C=N–C) groups is 1. The number of hydroxylamine groups is 2. The largest absolute Gasteiger partial charge is 0.493 e. The molecule has 3 heterocycles. The molecule has 3 aliphatic rings. The van der Waals surface area contributed by atoms with Crippen LogP contribution in [-0.4, -0.2) is 117 Å². The average Bonchev–Trinajstić information content (AvgIpc) is 3.56. The van der Waals surface area contributed by atoms with Crippen LogP contribution in [0.3, 0.4) is 0 Å². The second-order valence-corrected chi connectivity index (χ2v) is 15.8. The van der Waals surface area contributed by atoms with Gasteiger partial charge in [0.25, 0.3) is 5.91 Å². The molecule has 3 aromatic carbocycles. The highest BCUT2D eigenvalue weighted by Crippen LogP contribution is 2.46. The van der Waals surface area contributed by atoms with E-state index in [-0.39, 0.29) is 23.4 Å². The van der Waals surface area contributed by atoms with Gasteiger partial charge in [-0.25, -0.2) is 18.3 Å². The molecule has 278 valence electrons. The van der Waals surface area contributed by atoms with Crippen LogP contribution in [0.2, 0.25) is 10.0 Å². The van der Waals surface area contributed by atoms with Gasteiger partial charge >= 0.3 is 6.03 Å². The molecule has 3 aromatic rings. The van der Waals surface area contributed by atoms with E-state index in [0.29, 0.717) is 73.1 Å². The molecule has 3 amide bonds. The molecule has 52 heavy (non-hydrogen) atoms. The summed E-state index contributed by atoms with van der Waals surface area (Å²) in [5.41, 5.74) is 2.01. The maximum Gasteiger partial charge on any atom is 0.326 e. The van der Waals surface area contributed by atoms with Gasteiger partial charge in [0.2, 0.25) is 10.0 Å². The number of amidine groups is 1. The summed E-state index contributed by atoms with van der Waals surface area (Å²) in [7, 11) is -0.834. The number of piperidine rings is 1. The van der Waals surface area contributed by atoms with Crippen molar-refractivity contribution in [1.82, 2.24) is 24.1 Å². The highest BCUT2D eigenvalue weighted by Gasteiger charge is 2.45. The molecule has 2 atom stereocenters. The summed E-state index contributed by atoms with van der Waals surface area (Å²) in [6.45, 7) is 4.87. The van der Waals surface area contributed by atoms with Crippen molar-refractivity contribution in [3.8, 4) is 5.75 Å². The molecule has 0 aliphatic carbocycles. The van der Waals surface area contributed by atoms with E-state index in [9.17, 15) is 18.0 Å². The number of carbonyl (C=O) groups excluding carboxylic acids is 2. The average molecular weight is 772 g/mol. The number of rotatable bonds is 10. The van der Waals surface area contributed by atoms with Crippen LogP contribution in [0.5, 0.6) is 5.75 Å². The molecule has 0 radical (unpaired) electrons. The Morgan fingerprint density at radius 1 is 0.865 bits per heavy atom. The summed E-state index contributed by atoms with van der Waals surface area (Å²) in [5, 5.41) is 2.29. The first-order chi connectivity index (χ1) is 25.0. The second kappa shape index (κ2) is 16.5. The zero-order valence-corrected chi connectivity index (χ0v) is 31.9. The van der Waals surface area contributed by atoms with E-state index in [1.54, 1.807) is 59.3 Å². The van der Waals surface area contributed by atoms with Gasteiger partial charge in [-0.05, 0) is 73.4 Å². The third kappa shape index (κ3) is 8.09. The first-order valence-electron chi connectivity index (χ1n) is 17.5. The van der Waals surface area contributed by atoms with Crippen molar-refractivity contribution in [2.24, 2.45) is 4.99 Å². The number of halogens is 2. The van der Waals surface area contributed by atoms with Crippen LogP contribution in [0.4, 0.5) is 4.79 Å². The maximum absolute atomic E-state index is 15.0. The van der Waals surface area contributed by atoms with E-state index < -0.39 is 22.1 Å². The minimum atomic E-state index is -3.84. The zero-order chi connectivity index (χ0) is 37.0. The molecule has 0 N–H and O–H groups in total. The summed E-state index contributed by atoms with van der Waals surface area (Å²) < 4.78 is 35.6. The standard InChI is InChI=1S/C37H44Cl2N6O6S/c1-4-51-32-17-16-30(52(48,49)44-18-6-5-7-19-44)24-31(32)36-40-34(26-8-12-28(38)13-9-26)35(27-10-14-29(39)15-11-27)45(36)37(47)43-22-20-42(21-23-43)25-33(46)41(2)50-3/h8-17,24,34-35H,4-7,18-23,25H2,1-3H3/t34-,35+/m0/s1. The lowest BCUT2D eigenvalue weighted by Crippen LogP contribution is -2.55. The number of sulfonamides is 1. The van der Waals surface area contributed by atoms with Crippen LogP contribution in [0.25, 0.3) is 0 Å². The van der Waals surface area contributed by atoms with Gasteiger partial charge in [0.15, 0.2) is 0 Å². The number of likely N-dealkylation sites (N-methyl/N-ethyl adjacent to an activating group) is 1. The smallest absolute Gasteiger partial charge is 0.326 e. The summed E-state index contributed by atoms with van der Waals surface area (Å²) in [5.74, 6) is 0.518. The molecule has 6 rings (SSSR count). The van der Waals surface area contributed by atoms with E-state index in [1.165, 1.54) is 16.5 Å². The lowest BCUT2D eigenvalue weighted by molar-refractivity contribution is -0.170. The minimum absolute atomic E-state index is 0.111. The van der Waals surface area contributed by atoms with E-state index in [4.69, 9.17) is 37.8 Å². The van der Waals surface area contributed by atoms with Crippen molar-refractivity contribution in [2.75, 3.05) is 66.6 Å². The van der Waals surface area contributed by atoms with Gasteiger partial charge in [0, 0.05) is 56.4 Å². The Hall–Kier alpha value is -3.72. The van der Waals surface area contributed by atoms with Gasteiger partial charge in [-0.15, -0.1) is 0 Å². The Balaban J connectivity index is 1.45. The van der Waals surface area contributed by atoms with Gasteiger partial charge in [-0.1, -0.05) is 53.9 Å². The van der Waals surface area contributed by atoms with Gasteiger partial charge < -0.3 is 9.64 Å². The highest BCUT2D eigenvalue weighted by atomic mass is 35.5. The molecule has 0 saturated carbocycles. The number of amides is 3. The summed E-state index contributed by atoms with van der Waals surface area (Å²) in [4.78, 5) is 43.3. The molecule has 0 unspecified atom stereocenters. The molecular formula is C37H44Cl2N6O6S. The van der Waals surface area contributed by atoms with E-state index >= 15 is 0 Å². The second-order valence-electron chi connectivity index (χ2n) is 13.0. The topological polar surface area (TPSA) is 115 Å². The third-order valence-electron chi connectivity index (χ3n) is 9.77. The third-order valence-corrected chi connectivity index (χ3v) is 12.2. The predicted molar refractivity (Wildman–Crippen MR) is 200 cm³/mol. The Bertz CT molecular complexity index is 1880. The van der Waals surface area contributed by atoms with Crippen LogP contribution in [0.1, 0.15) is 55.0 Å². The summed E-state index contributed by atoms with van der Waals surface area (Å²) in [6.07, 6.45) is 2.59. The monoisotopic (exact) mass is 770 g/mol. The van der Waals surface area contributed by atoms with Crippen molar-refractivity contribution in [2.45, 2.75) is 43.2 Å². The van der Waals surface area contributed by atoms with Crippen LogP contribution in [0.15, 0.2) is 76.6 Å². The molecular weight excluding hydrogens is 727 g/mol. The number of hydrogen-bond donors (Lipinski definition) is 0. The molecule has 0 aromatic heterocycles. The predicted octanol–water partition coefficient (Wildman–Crippen LogP) is 5.87. The molecule has 0 bridgehead atoms.